The van der Waals surface area contributed by atoms with Gasteiger partial charge in [-0.15, -0.1) is 0 Å². The van der Waals surface area contributed by atoms with Gasteiger partial charge in [0.25, 0.3) is 0 Å². The lowest BCUT2D eigenvalue weighted by molar-refractivity contribution is 0.104. The molecule has 0 N–H and O–H groups in total. The summed E-state index contributed by atoms with van der Waals surface area (Å²) in [5, 5.41) is 0. The Labute approximate surface area is 90.6 Å². The lowest BCUT2D eigenvalue weighted by Gasteiger charge is -2.10. The highest BCUT2D eigenvalue weighted by Gasteiger charge is 2.10. The van der Waals surface area contributed by atoms with E-state index in [1.165, 1.54) is 6.08 Å². The second-order valence-corrected chi connectivity index (χ2v) is 3.68. The standard InChI is InChI=1S/C13H16O2/c1-5-12(14)11-7-6-10(9(2)3)8-13(11)15-4/h5-9H,1H2,2-4H3. The summed E-state index contributed by atoms with van der Waals surface area (Å²) in [7, 11) is 1.57. The molecule has 1 aromatic carbocycles. The minimum absolute atomic E-state index is 0.109. The van der Waals surface area contributed by atoms with Gasteiger partial charge in [0.05, 0.1) is 12.7 Å². The summed E-state index contributed by atoms with van der Waals surface area (Å²) in [5.74, 6) is 0.931. The summed E-state index contributed by atoms with van der Waals surface area (Å²) in [6.45, 7) is 7.67. The van der Waals surface area contributed by atoms with Crippen molar-refractivity contribution >= 4 is 5.78 Å². The van der Waals surface area contributed by atoms with Crippen LogP contribution in [0.15, 0.2) is 30.9 Å². The molecule has 0 aliphatic carbocycles. The second-order valence-electron chi connectivity index (χ2n) is 3.68. The van der Waals surface area contributed by atoms with E-state index in [4.69, 9.17) is 4.74 Å². The van der Waals surface area contributed by atoms with E-state index in [9.17, 15) is 4.79 Å². The van der Waals surface area contributed by atoms with Crippen LogP contribution in [0.3, 0.4) is 0 Å². The normalized spacial score (nSPS) is 10.1. The van der Waals surface area contributed by atoms with Crippen molar-refractivity contribution in [1.29, 1.82) is 0 Å². The Morgan fingerprint density at radius 3 is 2.60 bits per heavy atom. The molecule has 0 fully saturated rings. The molecule has 0 unspecified atom stereocenters. The lowest BCUT2D eigenvalue weighted by atomic mass is 9.99. The highest BCUT2D eigenvalue weighted by molar-refractivity contribution is 6.06. The van der Waals surface area contributed by atoms with E-state index >= 15 is 0 Å². The minimum Gasteiger partial charge on any atom is -0.496 e. The Kier molecular flexibility index (Phi) is 3.67. The fourth-order valence-electron chi connectivity index (χ4n) is 1.38. The molecule has 80 valence electrons. The van der Waals surface area contributed by atoms with Crippen LogP contribution in [0.4, 0.5) is 0 Å². The molecule has 15 heavy (non-hydrogen) atoms. The zero-order valence-corrected chi connectivity index (χ0v) is 9.41. The number of hydrogen-bond donors (Lipinski definition) is 0. The van der Waals surface area contributed by atoms with E-state index < -0.39 is 0 Å². The Morgan fingerprint density at radius 1 is 1.47 bits per heavy atom. The van der Waals surface area contributed by atoms with Gasteiger partial charge in [0.15, 0.2) is 5.78 Å². The average molecular weight is 204 g/mol. The van der Waals surface area contributed by atoms with Crippen molar-refractivity contribution in [2.75, 3.05) is 7.11 Å². The first kappa shape index (κ1) is 11.5. The summed E-state index contributed by atoms with van der Waals surface area (Å²) in [4.78, 5) is 11.5. The fraction of sp³-hybridized carbons (Fsp3) is 0.308. The van der Waals surface area contributed by atoms with Crippen LogP contribution in [0, 0.1) is 0 Å². The number of carbonyl (C=O) groups excluding carboxylic acids is 1. The maximum atomic E-state index is 11.5. The van der Waals surface area contributed by atoms with Crippen LogP contribution in [0.2, 0.25) is 0 Å². The van der Waals surface area contributed by atoms with Gasteiger partial charge < -0.3 is 4.74 Å². The van der Waals surface area contributed by atoms with Gasteiger partial charge in [0.1, 0.15) is 5.75 Å². The third-order valence-electron chi connectivity index (χ3n) is 2.34. The quantitative estimate of drug-likeness (QED) is 0.556. The third-order valence-corrected chi connectivity index (χ3v) is 2.34. The third kappa shape index (κ3) is 2.46. The van der Waals surface area contributed by atoms with E-state index in [2.05, 4.69) is 20.4 Å². The molecule has 0 radical (unpaired) electrons. The molecular formula is C13H16O2. The molecule has 2 nitrogen and oxygen atoms in total. The van der Waals surface area contributed by atoms with Crippen molar-refractivity contribution in [3.05, 3.63) is 42.0 Å². The summed E-state index contributed by atoms with van der Waals surface area (Å²) < 4.78 is 5.19. The number of hydrogen-bond acceptors (Lipinski definition) is 2. The van der Waals surface area contributed by atoms with Gasteiger partial charge in [-0.1, -0.05) is 26.5 Å². The molecule has 0 aliphatic heterocycles. The molecule has 0 spiro atoms. The predicted octanol–water partition coefficient (Wildman–Crippen LogP) is 3.19. The summed E-state index contributed by atoms with van der Waals surface area (Å²) in [6, 6.07) is 5.64. The highest BCUT2D eigenvalue weighted by atomic mass is 16.5. The second kappa shape index (κ2) is 4.78. The first-order chi connectivity index (χ1) is 7.10. The number of ketones is 1. The first-order valence-corrected chi connectivity index (χ1v) is 4.94. The van der Waals surface area contributed by atoms with Gasteiger partial charge in [0, 0.05) is 0 Å². The number of rotatable bonds is 4. The van der Waals surface area contributed by atoms with Crippen LogP contribution in [0.25, 0.3) is 0 Å². The predicted molar refractivity (Wildman–Crippen MR) is 61.6 cm³/mol. The Balaban J connectivity index is 3.20. The maximum absolute atomic E-state index is 11.5. The SMILES string of the molecule is C=CC(=O)c1ccc(C(C)C)cc1OC. The zero-order chi connectivity index (χ0) is 11.4. The number of ether oxygens (including phenoxy) is 1. The molecule has 0 saturated heterocycles. The van der Waals surface area contributed by atoms with E-state index in [-0.39, 0.29) is 5.78 Å². The first-order valence-electron chi connectivity index (χ1n) is 4.94. The Bertz CT molecular complexity index is 378. The van der Waals surface area contributed by atoms with Crippen molar-refractivity contribution in [1.82, 2.24) is 0 Å². The lowest BCUT2D eigenvalue weighted by Crippen LogP contribution is -2.00. The topological polar surface area (TPSA) is 26.3 Å². The number of allylic oxidation sites excluding steroid dienone is 1. The number of carbonyl (C=O) groups is 1. The van der Waals surface area contributed by atoms with E-state index in [1.807, 2.05) is 12.1 Å². The van der Waals surface area contributed by atoms with Crippen molar-refractivity contribution < 1.29 is 9.53 Å². The van der Waals surface area contributed by atoms with E-state index in [1.54, 1.807) is 13.2 Å². The van der Waals surface area contributed by atoms with Crippen LogP contribution in [-0.4, -0.2) is 12.9 Å². The van der Waals surface area contributed by atoms with Gasteiger partial charge in [-0.05, 0) is 29.7 Å². The van der Waals surface area contributed by atoms with Crippen LogP contribution >= 0.6 is 0 Å². The van der Waals surface area contributed by atoms with Crippen LogP contribution in [-0.2, 0) is 0 Å². The maximum Gasteiger partial charge on any atom is 0.188 e. The van der Waals surface area contributed by atoms with Gasteiger partial charge in [-0.3, -0.25) is 4.79 Å². The molecule has 0 aliphatic rings. The molecule has 2 heteroatoms. The van der Waals surface area contributed by atoms with Gasteiger partial charge in [-0.25, -0.2) is 0 Å². The molecule has 0 atom stereocenters. The molecule has 1 rings (SSSR count). The monoisotopic (exact) mass is 204 g/mol. The number of methoxy groups -OCH3 is 1. The zero-order valence-electron chi connectivity index (χ0n) is 9.41. The Morgan fingerprint density at radius 2 is 2.13 bits per heavy atom. The molecule has 0 heterocycles. The number of benzene rings is 1. The largest absolute Gasteiger partial charge is 0.496 e. The van der Waals surface area contributed by atoms with Crippen molar-refractivity contribution in [3.63, 3.8) is 0 Å². The van der Waals surface area contributed by atoms with E-state index in [0.717, 1.165) is 5.56 Å². The molecule has 1 aromatic rings. The van der Waals surface area contributed by atoms with Crippen LogP contribution in [0.1, 0.15) is 35.7 Å². The molecule has 0 bridgehead atoms. The Hall–Kier alpha value is -1.57. The van der Waals surface area contributed by atoms with Crippen LogP contribution in [0.5, 0.6) is 5.75 Å². The molecular weight excluding hydrogens is 188 g/mol. The fourth-order valence-corrected chi connectivity index (χ4v) is 1.38. The van der Waals surface area contributed by atoms with Gasteiger partial charge >= 0.3 is 0 Å². The van der Waals surface area contributed by atoms with Crippen LogP contribution < -0.4 is 4.74 Å². The van der Waals surface area contributed by atoms with Crippen molar-refractivity contribution in [2.45, 2.75) is 19.8 Å². The average Bonchev–Trinajstić information content (AvgIpc) is 2.27. The van der Waals surface area contributed by atoms with Gasteiger partial charge in [0.2, 0.25) is 0 Å². The van der Waals surface area contributed by atoms with Crippen molar-refractivity contribution in [3.8, 4) is 5.75 Å². The summed E-state index contributed by atoms with van der Waals surface area (Å²) >= 11 is 0. The van der Waals surface area contributed by atoms with Crippen molar-refractivity contribution in [2.24, 2.45) is 0 Å². The molecule has 0 aromatic heterocycles. The summed E-state index contributed by atoms with van der Waals surface area (Å²) in [6.07, 6.45) is 1.30. The smallest absolute Gasteiger partial charge is 0.188 e. The summed E-state index contributed by atoms with van der Waals surface area (Å²) in [5.41, 5.74) is 1.73. The molecule has 0 saturated carbocycles. The molecule has 0 amide bonds. The minimum atomic E-state index is -0.109. The van der Waals surface area contributed by atoms with Gasteiger partial charge in [-0.2, -0.15) is 0 Å². The highest BCUT2D eigenvalue weighted by Crippen LogP contribution is 2.25. The van der Waals surface area contributed by atoms with E-state index in [0.29, 0.717) is 17.2 Å².